The number of aromatic nitrogens is 2. The van der Waals surface area contributed by atoms with Gasteiger partial charge in [0.2, 0.25) is 0 Å². The third kappa shape index (κ3) is 2.04. The summed E-state index contributed by atoms with van der Waals surface area (Å²) in [5.41, 5.74) is 1.44. The number of hydrogen-bond donors (Lipinski definition) is 1. The number of hydrogen-bond acceptors (Lipinski definition) is 2. The van der Waals surface area contributed by atoms with E-state index in [9.17, 15) is 0 Å². The van der Waals surface area contributed by atoms with Crippen LogP contribution in [0.1, 0.15) is 26.5 Å². The lowest BCUT2D eigenvalue weighted by Crippen LogP contribution is -2.44. The predicted molar refractivity (Wildman–Crippen MR) is 57.9 cm³/mol. The molecule has 1 aliphatic rings. The molecule has 0 aromatic carbocycles. The van der Waals surface area contributed by atoms with E-state index in [1.165, 1.54) is 5.69 Å². The Balaban J connectivity index is 2.08. The minimum absolute atomic E-state index is 0.164. The standard InChI is InChI=1S/C11H17N3/c1-11(2,3)13-9-5-7-14-10(8-9)4-6-12-14/h4-7,9,13H,8H2,1-3H3. The molecule has 0 aliphatic carbocycles. The minimum Gasteiger partial charge on any atom is -0.305 e. The molecule has 0 saturated carbocycles. The van der Waals surface area contributed by atoms with Gasteiger partial charge in [-0.1, -0.05) is 0 Å². The quantitative estimate of drug-likeness (QED) is 0.731. The smallest absolute Gasteiger partial charge is 0.0496 e. The van der Waals surface area contributed by atoms with E-state index in [1.807, 2.05) is 17.1 Å². The Bertz CT molecular complexity index is 344. The van der Waals surface area contributed by atoms with Crippen LogP contribution in [0.25, 0.3) is 6.20 Å². The zero-order valence-electron chi connectivity index (χ0n) is 8.99. The monoisotopic (exact) mass is 191 g/mol. The van der Waals surface area contributed by atoms with Crippen molar-refractivity contribution < 1.29 is 0 Å². The topological polar surface area (TPSA) is 29.9 Å². The molecular formula is C11H17N3. The molecule has 0 bridgehead atoms. The first-order valence-electron chi connectivity index (χ1n) is 5.03. The van der Waals surface area contributed by atoms with Crippen LogP contribution < -0.4 is 5.32 Å². The summed E-state index contributed by atoms with van der Waals surface area (Å²) in [6.07, 6.45) is 7.07. The lowest BCUT2D eigenvalue weighted by Gasteiger charge is -2.28. The van der Waals surface area contributed by atoms with Crippen molar-refractivity contribution in [2.24, 2.45) is 0 Å². The zero-order chi connectivity index (χ0) is 10.2. The number of nitrogens with one attached hydrogen (secondary N) is 1. The second kappa shape index (κ2) is 3.24. The molecule has 1 aromatic rings. The highest BCUT2D eigenvalue weighted by Crippen LogP contribution is 2.13. The van der Waals surface area contributed by atoms with Gasteiger partial charge in [0.15, 0.2) is 0 Å². The summed E-state index contributed by atoms with van der Waals surface area (Å²) in [6.45, 7) is 6.56. The fourth-order valence-corrected chi connectivity index (χ4v) is 1.77. The Morgan fingerprint density at radius 3 is 3.00 bits per heavy atom. The lowest BCUT2D eigenvalue weighted by molar-refractivity contribution is 0.385. The van der Waals surface area contributed by atoms with Gasteiger partial charge in [0.05, 0.1) is 0 Å². The van der Waals surface area contributed by atoms with Crippen molar-refractivity contribution in [1.82, 2.24) is 15.1 Å². The molecule has 0 amide bonds. The maximum Gasteiger partial charge on any atom is 0.0496 e. The van der Waals surface area contributed by atoms with Gasteiger partial charge in [-0.25, -0.2) is 4.68 Å². The Morgan fingerprint density at radius 1 is 1.50 bits per heavy atom. The molecule has 1 unspecified atom stereocenters. The van der Waals surface area contributed by atoms with Crippen LogP contribution in [0.2, 0.25) is 0 Å². The van der Waals surface area contributed by atoms with E-state index >= 15 is 0 Å². The highest BCUT2D eigenvalue weighted by atomic mass is 15.3. The zero-order valence-corrected chi connectivity index (χ0v) is 8.99. The lowest BCUT2D eigenvalue weighted by atomic mass is 10.0. The van der Waals surface area contributed by atoms with Crippen molar-refractivity contribution in [3.8, 4) is 0 Å². The summed E-state index contributed by atoms with van der Waals surface area (Å²) in [5.74, 6) is 0. The molecule has 0 fully saturated rings. The summed E-state index contributed by atoms with van der Waals surface area (Å²) in [4.78, 5) is 0. The summed E-state index contributed by atoms with van der Waals surface area (Å²) in [7, 11) is 0. The second-order valence-electron chi connectivity index (χ2n) is 4.81. The van der Waals surface area contributed by atoms with E-state index in [0.717, 1.165) is 6.42 Å². The van der Waals surface area contributed by atoms with Crippen molar-refractivity contribution in [3.05, 3.63) is 24.0 Å². The van der Waals surface area contributed by atoms with Crippen LogP contribution in [0.4, 0.5) is 0 Å². The highest BCUT2D eigenvalue weighted by Gasteiger charge is 2.19. The van der Waals surface area contributed by atoms with Crippen molar-refractivity contribution in [2.75, 3.05) is 0 Å². The fourth-order valence-electron chi connectivity index (χ4n) is 1.77. The van der Waals surface area contributed by atoms with Crippen LogP contribution in [0.15, 0.2) is 18.3 Å². The molecule has 0 saturated heterocycles. The first-order chi connectivity index (χ1) is 6.54. The maximum absolute atomic E-state index is 4.19. The molecule has 0 radical (unpaired) electrons. The van der Waals surface area contributed by atoms with Gasteiger partial charge in [-0.05, 0) is 32.9 Å². The Hall–Kier alpha value is -1.09. The van der Waals surface area contributed by atoms with Gasteiger partial charge in [-0.2, -0.15) is 5.10 Å². The Morgan fingerprint density at radius 2 is 2.29 bits per heavy atom. The average molecular weight is 191 g/mol. The molecular weight excluding hydrogens is 174 g/mol. The molecule has 2 heterocycles. The van der Waals surface area contributed by atoms with Crippen molar-refractivity contribution in [2.45, 2.75) is 38.8 Å². The number of rotatable bonds is 1. The van der Waals surface area contributed by atoms with Gasteiger partial charge in [0.1, 0.15) is 0 Å². The molecule has 1 atom stereocenters. The molecule has 3 nitrogen and oxygen atoms in total. The summed E-state index contributed by atoms with van der Waals surface area (Å²) in [5, 5.41) is 7.75. The molecule has 76 valence electrons. The molecule has 14 heavy (non-hydrogen) atoms. The third-order valence-corrected chi connectivity index (χ3v) is 2.26. The normalized spacial score (nSPS) is 20.9. The first-order valence-corrected chi connectivity index (χ1v) is 5.03. The van der Waals surface area contributed by atoms with Crippen molar-refractivity contribution in [1.29, 1.82) is 0 Å². The van der Waals surface area contributed by atoms with Crippen LogP contribution in [-0.2, 0) is 6.42 Å². The molecule has 1 aromatic heterocycles. The van der Waals surface area contributed by atoms with E-state index in [1.54, 1.807) is 0 Å². The van der Waals surface area contributed by atoms with E-state index in [-0.39, 0.29) is 5.54 Å². The van der Waals surface area contributed by atoms with Gasteiger partial charge in [0, 0.05) is 36.1 Å². The van der Waals surface area contributed by atoms with E-state index in [2.05, 4.69) is 43.3 Å². The molecule has 0 spiro atoms. The van der Waals surface area contributed by atoms with E-state index < -0.39 is 0 Å². The maximum atomic E-state index is 4.19. The van der Waals surface area contributed by atoms with Crippen molar-refractivity contribution >= 4 is 6.20 Å². The van der Waals surface area contributed by atoms with Crippen LogP contribution in [0, 0.1) is 0 Å². The predicted octanol–water partition coefficient (Wildman–Crippen LogP) is 1.67. The second-order valence-corrected chi connectivity index (χ2v) is 4.81. The summed E-state index contributed by atoms with van der Waals surface area (Å²) >= 11 is 0. The first kappa shape index (κ1) is 9.46. The van der Waals surface area contributed by atoms with Gasteiger partial charge in [-0.3, -0.25) is 0 Å². The highest BCUT2D eigenvalue weighted by molar-refractivity contribution is 5.32. The summed E-state index contributed by atoms with van der Waals surface area (Å²) < 4.78 is 1.93. The minimum atomic E-state index is 0.164. The SMILES string of the molecule is CC(C)(C)NC1C=Cn2nccc2C1. The molecule has 3 heteroatoms. The van der Waals surface area contributed by atoms with E-state index in [4.69, 9.17) is 0 Å². The summed E-state index contributed by atoms with van der Waals surface area (Å²) in [6, 6.07) is 2.50. The Labute approximate surface area is 84.8 Å². The van der Waals surface area contributed by atoms with Crippen LogP contribution in [-0.4, -0.2) is 21.4 Å². The number of fused-ring (bicyclic) bond motifs is 1. The average Bonchev–Trinajstić information content (AvgIpc) is 2.47. The molecule has 1 N–H and O–H groups in total. The van der Waals surface area contributed by atoms with Gasteiger partial charge < -0.3 is 5.32 Å². The van der Waals surface area contributed by atoms with Crippen LogP contribution >= 0.6 is 0 Å². The van der Waals surface area contributed by atoms with Crippen molar-refractivity contribution in [3.63, 3.8) is 0 Å². The van der Waals surface area contributed by atoms with Gasteiger partial charge in [-0.15, -0.1) is 0 Å². The largest absolute Gasteiger partial charge is 0.305 e. The number of nitrogens with zero attached hydrogens (tertiary/aromatic N) is 2. The van der Waals surface area contributed by atoms with Gasteiger partial charge >= 0.3 is 0 Å². The fraction of sp³-hybridized carbons (Fsp3) is 0.545. The van der Waals surface area contributed by atoms with Crippen LogP contribution in [0.5, 0.6) is 0 Å². The van der Waals surface area contributed by atoms with Crippen LogP contribution in [0.3, 0.4) is 0 Å². The third-order valence-electron chi connectivity index (χ3n) is 2.26. The molecule has 1 aliphatic heterocycles. The van der Waals surface area contributed by atoms with Gasteiger partial charge in [0.25, 0.3) is 0 Å². The Kier molecular flexibility index (Phi) is 2.19. The molecule has 2 rings (SSSR count). The van der Waals surface area contributed by atoms with E-state index in [0.29, 0.717) is 6.04 Å².